The Balaban J connectivity index is 1.55. The Morgan fingerprint density at radius 1 is 1.23 bits per heavy atom. The normalized spacial score (nSPS) is 21.2. The van der Waals surface area contributed by atoms with E-state index < -0.39 is 0 Å². The van der Waals surface area contributed by atoms with Crippen LogP contribution in [-0.4, -0.2) is 34.8 Å². The molecule has 6 nitrogen and oxygen atoms in total. The van der Waals surface area contributed by atoms with Crippen molar-refractivity contribution >= 4 is 0 Å². The van der Waals surface area contributed by atoms with Gasteiger partial charge in [0.25, 0.3) is 0 Å². The summed E-state index contributed by atoms with van der Waals surface area (Å²) < 4.78 is 16.5. The molecule has 116 valence electrons. The largest absolute Gasteiger partial charge is 0.486 e. The lowest BCUT2D eigenvalue weighted by molar-refractivity contribution is 0.170. The van der Waals surface area contributed by atoms with Gasteiger partial charge in [-0.2, -0.15) is 4.98 Å². The zero-order chi connectivity index (χ0) is 14.9. The molecular formula is C16H19N3O3. The Hall–Kier alpha value is -2.08. The summed E-state index contributed by atoms with van der Waals surface area (Å²) in [7, 11) is 0. The average Bonchev–Trinajstić information content (AvgIpc) is 3.16. The monoisotopic (exact) mass is 301 g/mol. The van der Waals surface area contributed by atoms with Crippen molar-refractivity contribution in [2.75, 3.05) is 19.8 Å². The summed E-state index contributed by atoms with van der Waals surface area (Å²) in [5.74, 6) is 3.06. The Morgan fingerprint density at radius 2 is 2.09 bits per heavy atom. The molecule has 0 saturated carbocycles. The predicted octanol–water partition coefficient (Wildman–Crippen LogP) is 2.49. The number of likely N-dealkylation sites (tertiary alicyclic amines) is 1. The highest BCUT2D eigenvalue weighted by atomic mass is 16.6. The smallest absolute Gasteiger partial charge is 0.240 e. The third kappa shape index (κ3) is 2.54. The molecular weight excluding hydrogens is 282 g/mol. The number of hydrogen-bond acceptors (Lipinski definition) is 6. The summed E-state index contributed by atoms with van der Waals surface area (Å²) in [5, 5.41) is 3.86. The van der Waals surface area contributed by atoms with Gasteiger partial charge in [0.1, 0.15) is 13.2 Å². The first kappa shape index (κ1) is 13.6. The minimum atomic E-state index is 0.364. The molecule has 3 heterocycles. The lowest BCUT2D eigenvalue weighted by Crippen LogP contribution is -2.23. The molecule has 1 saturated heterocycles. The Kier molecular flexibility index (Phi) is 3.46. The van der Waals surface area contributed by atoms with Crippen molar-refractivity contribution in [3.05, 3.63) is 35.5 Å². The van der Waals surface area contributed by atoms with Crippen molar-refractivity contribution in [2.45, 2.75) is 32.4 Å². The second-order valence-electron chi connectivity index (χ2n) is 5.77. The fourth-order valence-corrected chi connectivity index (χ4v) is 3.24. The van der Waals surface area contributed by atoms with E-state index in [1.807, 2.05) is 13.0 Å². The maximum atomic E-state index is 5.70. The molecule has 1 aromatic carbocycles. The Labute approximate surface area is 129 Å². The second kappa shape index (κ2) is 5.61. The van der Waals surface area contributed by atoms with Crippen LogP contribution in [-0.2, 0) is 6.54 Å². The number of rotatable bonds is 3. The summed E-state index contributed by atoms with van der Waals surface area (Å²) in [5.41, 5.74) is 1.26. The lowest BCUT2D eigenvalue weighted by atomic mass is 10.0. The summed E-state index contributed by atoms with van der Waals surface area (Å²) in [6, 6.07) is 6.62. The van der Waals surface area contributed by atoms with E-state index >= 15 is 0 Å². The van der Waals surface area contributed by atoms with Crippen molar-refractivity contribution < 1.29 is 14.0 Å². The number of aryl methyl sites for hydroxylation is 1. The molecule has 2 aliphatic rings. The molecule has 0 bridgehead atoms. The standard InChI is InChI=1S/C16H19N3O3/c1-11-17-16(22-18-11)10-19-6-2-3-13(19)12-4-5-14-15(9-12)21-8-7-20-14/h4-5,9,13H,2-3,6-8,10H2,1H3. The molecule has 0 radical (unpaired) electrons. The molecule has 0 N–H and O–H groups in total. The number of hydrogen-bond donors (Lipinski definition) is 0. The molecule has 0 amide bonds. The number of nitrogens with zero attached hydrogens (tertiary/aromatic N) is 3. The summed E-state index contributed by atoms with van der Waals surface area (Å²) in [6.45, 7) is 4.82. The molecule has 4 rings (SSSR count). The van der Waals surface area contributed by atoms with Crippen LogP contribution in [0.3, 0.4) is 0 Å². The van der Waals surface area contributed by atoms with Gasteiger partial charge in [-0.15, -0.1) is 0 Å². The molecule has 1 atom stereocenters. The second-order valence-corrected chi connectivity index (χ2v) is 5.77. The van der Waals surface area contributed by atoms with Crippen molar-refractivity contribution in [1.29, 1.82) is 0 Å². The topological polar surface area (TPSA) is 60.6 Å². The SMILES string of the molecule is Cc1noc(CN2CCCC2c2ccc3c(c2)OCCO3)n1. The summed E-state index contributed by atoms with van der Waals surface area (Å²) in [6.07, 6.45) is 2.30. The van der Waals surface area contributed by atoms with Gasteiger partial charge in [-0.25, -0.2) is 0 Å². The maximum absolute atomic E-state index is 5.70. The van der Waals surface area contributed by atoms with Gasteiger partial charge in [-0.1, -0.05) is 11.2 Å². The predicted molar refractivity (Wildman–Crippen MR) is 78.9 cm³/mol. The molecule has 0 spiro atoms. The van der Waals surface area contributed by atoms with Crippen LogP contribution in [0, 0.1) is 6.92 Å². The zero-order valence-corrected chi connectivity index (χ0v) is 12.6. The Morgan fingerprint density at radius 3 is 2.91 bits per heavy atom. The van der Waals surface area contributed by atoms with E-state index in [4.69, 9.17) is 14.0 Å². The molecule has 1 fully saturated rings. The first-order valence-corrected chi connectivity index (χ1v) is 7.72. The van der Waals surface area contributed by atoms with Gasteiger partial charge in [0.2, 0.25) is 5.89 Å². The molecule has 0 aliphatic carbocycles. The van der Waals surface area contributed by atoms with Crippen molar-refractivity contribution in [3.8, 4) is 11.5 Å². The van der Waals surface area contributed by atoms with Gasteiger partial charge in [0.15, 0.2) is 17.3 Å². The van der Waals surface area contributed by atoms with E-state index in [1.165, 1.54) is 12.0 Å². The van der Waals surface area contributed by atoms with Gasteiger partial charge in [0.05, 0.1) is 6.54 Å². The molecule has 2 aromatic rings. The fraction of sp³-hybridized carbons (Fsp3) is 0.500. The van der Waals surface area contributed by atoms with Crippen molar-refractivity contribution in [1.82, 2.24) is 15.0 Å². The van der Waals surface area contributed by atoms with Crippen LogP contribution in [0.2, 0.25) is 0 Å². The number of ether oxygens (including phenoxy) is 2. The molecule has 6 heteroatoms. The highest BCUT2D eigenvalue weighted by Crippen LogP contribution is 2.38. The van der Waals surface area contributed by atoms with E-state index in [1.54, 1.807) is 0 Å². The van der Waals surface area contributed by atoms with Crippen LogP contribution in [0.25, 0.3) is 0 Å². The van der Waals surface area contributed by atoms with Crippen LogP contribution in [0.4, 0.5) is 0 Å². The number of fused-ring (bicyclic) bond motifs is 1. The molecule has 1 unspecified atom stereocenters. The molecule has 1 aromatic heterocycles. The summed E-state index contributed by atoms with van der Waals surface area (Å²) in [4.78, 5) is 6.70. The van der Waals surface area contributed by atoms with Crippen LogP contribution in [0.5, 0.6) is 11.5 Å². The highest BCUT2D eigenvalue weighted by Gasteiger charge is 2.28. The average molecular weight is 301 g/mol. The van der Waals surface area contributed by atoms with Crippen LogP contribution in [0.1, 0.15) is 36.2 Å². The first-order chi connectivity index (χ1) is 10.8. The third-order valence-corrected chi connectivity index (χ3v) is 4.22. The van der Waals surface area contributed by atoms with Crippen LogP contribution < -0.4 is 9.47 Å². The lowest BCUT2D eigenvalue weighted by Gasteiger charge is -2.25. The van der Waals surface area contributed by atoms with Crippen LogP contribution >= 0.6 is 0 Å². The van der Waals surface area contributed by atoms with E-state index in [0.717, 1.165) is 24.5 Å². The van der Waals surface area contributed by atoms with E-state index in [0.29, 0.717) is 37.5 Å². The highest BCUT2D eigenvalue weighted by molar-refractivity contribution is 5.44. The van der Waals surface area contributed by atoms with Gasteiger partial charge in [0, 0.05) is 6.04 Å². The van der Waals surface area contributed by atoms with E-state index in [9.17, 15) is 0 Å². The molecule has 22 heavy (non-hydrogen) atoms. The van der Waals surface area contributed by atoms with Gasteiger partial charge in [-0.3, -0.25) is 4.90 Å². The third-order valence-electron chi connectivity index (χ3n) is 4.22. The van der Waals surface area contributed by atoms with Gasteiger partial charge < -0.3 is 14.0 Å². The van der Waals surface area contributed by atoms with Crippen LogP contribution in [0.15, 0.2) is 22.7 Å². The minimum absolute atomic E-state index is 0.364. The number of benzene rings is 1. The number of aromatic nitrogens is 2. The fourth-order valence-electron chi connectivity index (χ4n) is 3.24. The van der Waals surface area contributed by atoms with Crippen molar-refractivity contribution in [2.24, 2.45) is 0 Å². The van der Waals surface area contributed by atoms with E-state index in [2.05, 4.69) is 27.2 Å². The zero-order valence-electron chi connectivity index (χ0n) is 12.6. The maximum Gasteiger partial charge on any atom is 0.240 e. The van der Waals surface area contributed by atoms with Gasteiger partial charge in [-0.05, 0) is 44.0 Å². The van der Waals surface area contributed by atoms with Gasteiger partial charge >= 0.3 is 0 Å². The first-order valence-electron chi connectivity index (χ1n) is 7.72. The minimum Gasteiger partial charge on any atom is -0.486 e. The molecule has 2 aliphatic heterocycles. The summed E-state index contributed by atoms with van der Waals surface area (Å²) >= 11 is 0. The quantitative estimate of drug-likeness (QED) is 0.868. The Bertz CT molecular complexity index is 670. The van der Waals surface area contributed by atoms with Crippen molar-refractivity contribution in [3.63, 3.8) is 0 Å². The van der Waals surface area contributed by atoms with E-state index in [-0.39, 0.29) is 0 Å².